The Balaban J connectivity index is 0.000000391. The molecule has 0 atom stereocenters. The summed E-state index contributed by atoms with van der Waals surface area (Å²) in [6.07, 6.45) is 2.97. The number of benzene rings is 2. The van der Waals surface area contributed by atoms with Gasteiger partial charge in [0.1, 0.15) is 18.0 Å². The van der Waals surface area contributed by atoms with Crippen molar-refractivity contribution >= 4 is 40.4 Å². The lowest BCUT2D eigenvalue weighted by Crippen LogP contribution is -2.32. The number of H-pyrrole nitrogens is 1. The van der Waals surface area contributed by atoms with Gasteiger partial charge in [-0.3, -0.25) is 4.79 Å². The molecule has 0 aliphatic rings. The molecule has 0 spiro atoms. The van der Waals surface area contributed by atoms with Gasteiger partial charge < -0.3 is 25.1 Å². The van der Waals surface area contributed by atoms with E-state index in [1.807, 2.05) is 25.1 Å². The molecule has 2 aromatic carbocycles. The minimum absolute atomic E-state index is 0.0327. The van der Waals surface area contributed by atoms with E-state index in [0.29, 0.717) is 23.0 Å². The predicted octanol–water partition coefficient (Wildman–Crippen LogP) is 6.48. The highest BCUT2D eigenvalue weighted by atomic mass is 35.5. The van der Waals surface area contributed by atoms with Gasteiger partial charge in [0, 0.05) is 0 Å². The van der Waals surface area contributed by atoms with Crippen molar-refractivity contribution in [3.8, 4) is 12.8 Å². The SMILES string of the molecule is C#C.CC(C)(C)OC(=O)NCc1nc2ccc(C(F)(F)F)cc2[nH]1.CCOC(=O)CNc1ccc(C)cc1Cl. The third-order valence-corrected chi connectivity index (χ3v) is 4.82. The number of ether oxygens (including phenoxy) is 2. The normalized spacial score (nSPS) is 10.8. The summed E-state index contributed by atoms with van der Waals surface area (Å²) in [6.45, 7) is 9.48. The summed E-state index contributed by atoms with van der Waals surface area (Å²) in [7, 11) is 0. The van der Waals surface area contributed by atoms with Crippen molar-refractivity contribution in [1.29, 1.82) is 0 Å². The van der Waals surface area contributed by atoms with Gasteiger partial charge in [-0.1, -0.05) is 17.7 Å². The maximum Gasteiger partial charge on any atom is 0.416 e. The number of terminal acetylenes is 1. The fraction of sp³-hybridized carbons (Fsp3) is 0.370. The van der Waals surface area contributed by atoms with Crippen LogP contribution in [0.25, 0.3) is 11.0 Å². The smallest absolute Gasteiger partial charge is 0.416 e. The molecule has 0 aliphatic heterocycles. The molecule has 1 aromatic heterocycles. The molecule has 3 aromatic rings. The monoisotopic (exact) mass is 568 g/mol. The Morgan fingerprint density at radius 1 is 1.10 bits per heavy atom. The summed E-state index contributed by atoms with van der Waals surface area (Å²) >= 11 is 5.98. The summed E-state index contributed by atoms with van der Waals surface area (Å²) in [6, 6.07) is 8.85. The molecule has 0 bridgehead atoms. The Hall–Kier alpha value is -3.91. The molecule has 3 rings (SSSR count). The van der Waals surface area contributed by atoms with Gasteiger partial charge in [-0.05, 0) is 70.5 Å². The summed E-state index contributed by atoms with van der Waals surface area (Å²) in [4.78, 5) is 29.4. The van der Waals surface area contributed by atoms with Crippen molar-refractivity contribution < 1.29 is 32.2 Å². The number of amides is 1. The molecule has 1 heterocycles. The van der Waals surface area contributed by atoms with E-state index in [9.17, 15) is 22.8 Å². The van der Waals surface area contributed by atoms with E-state index in [0.717, 1.165) is 23.4 Å². The number of fused-ring (bicyclic) bond motifs is 1. The maximum atomic E-state index is 12.6. The first kappa shape index (κ1) is 33.1. The van der Waals surface area contributed by atoms with Crippen LogP contribution < -0.4 is 10.6 Å². The highest BCUT2D eigenvalue weighted by Gasteiger charge is 2.30. The van der Waals surface area contributed by atoms with Crippen LogP contribution in [0.1, 0.15) is 44.6 Å². The second kappa shape index (κ2) is 14.9. The number of anilines is 1. The number of aryl methyl sites for hydroxylation is 1. The summed E-state index contributed by atoms with van der Waals surface area (Å²) < 4.78 is 47.7. The number of halogens is 4. The standard InChI is InChI=1S/C14H16F3N3O2.C11H14ClNO2.C2H2/c1-13(2,3)22-12(21)18-7-11-19-9-5-4-8(14(15,16)17)6-10(9)20-11;1-3-15-11(14)7-13-10-5-4-8(2)6-9(10)12;1-2/h4-6H,7H2,1-3H3,(H,18,21)(H,19,20);4-6,13H,3,7H2,1-2H3;1-2H. The molecule has 0 aliphatic carbocycles. The molecule has 3 N–H and O–H groups in total. The highest BCUT2D eigenvalue weighted by Crippen LogP contribution is 2.30. The lowest BCUT2D eigenvalue weighted by Gasteiger charge is -2.19. The van der Waals surface area contributed by atoms with Crippen LogP contribution in [0.15, 0.2) is 36.4 Å². The molecule has 0 fully saturated rings. The van der Waals surface area contributed by atoms with Gasteiger partial charge in [0.2, 0.25) is 0 Å². The van der Waals surface area contributed by atoms with Crippen molar-refractivity contribution in [2.75, 3.05) is 18.5 Å². The molecule has 0 unspecified atom stereocenters. The zero-order valence-corrected chi connectivity index (χ0v) is 23.1. The van der Waals surface area contributed by atoms with E-state index in [1.54, 1.807) is 27.7 Å². The number of imidazole rings is 1. The van der Waals surface area contributed by atoms with Crippen LogP contribution in [0.5, 0.6) is 0 Å². The van der Waals surface area contributed by atoms with E-state index in [2.05, 4.69) is 33.4 Å². The molecular formula is C27H32ClF3N4O4. The van der Waals surface area contributed by atoms with Crippen molar-refractivity contribution in [1.82, 2.24) is 15.3 Å². The third-order valence-electron chi connectivity index (χ3n) is 4.51. The maximum absolute atomic E-state index is 12.6. The molecule has 39 heavy (non-hydrogen) atoms. The van der Waals surface area contributed by atoms with Crippen LogP contribution in [0.4, 0.5) is 23.7 Å². The number of aromatic nitrogens is 2. The summed E-state index contributed by atoms with van der Waals surface area (Å²) in [5.74, 6) is 0.0642. The highest BCUT2D eigenvalue weighted by molar-refractivity contribution is 6.33. The fourth-order valence-corrected chi connectivity index (χ4v) is 3.24. The fourth-order valence-electron chi connectivity index (χ4n) is 2.94. The topological polar surface area (TPSA) is 105 Å². The summed E-state index contributed by atoms with van der Waals surface area (Å²) in [5, 5.41) is 6.01. The quantitative estimate of drug-likeness (QED) is 0.232. The second-order valence-corrected chi connectivity index (χ2v) is 9.32. The average molecular weight is 569 g/mol. The lowest BCUT2D eigenvalue weighted by molar-refractivity contribution is -0.141. The van der Waals surface area contributed by atoms with E-state index >= 15 is 0 Å². The number of alkyl carbamates (subject to hydrolysis) is 1. The van der Waals surface area contributed by atoms with E-state index in [1.165, 1.54) is 6.07 Å². The number of carbonyl (C=O) groups excluding carboxylic acids is 2. The minimum Gasteiger partial charge on any atom is -0.465 e. The first-order chi connectivity index (χ1) is 18.2. The molecule has 0 saturated carbocycles. The van der Waals surface area contributed by atoms with Crippen LogP contribution in [-0.2, 0) is 27.0 Å². The van der Waals surface area contributed by atoms with Gasteiger partial charge >= 0.3 is 18.2 Å². The zero-order valence-electron chi connectivity index (χ0n) is 22.3. The Morgan fingerprint density at radius 2 is 1.77 bits per heavy atom. The number of nitrogens with zero attached hydrogens (tertiary/aromatic N) is 1. The number of hydrogen-bond acceptors (Lipinski definition) is 6. The molecule has 1 amide bonds. The largest absolute Gasteiger partial charge is 0.465 e. The summed E-state index contributed by atoms with van der Waals surface area (Å²) in [5.41, 5.74) is 1.11. The van der Waals surface area contributed by atoms with Crippen LogP contribution in [0, 0.1) is 19.8 Å². The Morgan fingerprint density at radius 3 is 2.33 bits per heavy atom. The van der Waals surface area contributed by atoms with Gasteiger partial charge in [0.25, 0.3) is 0 Å². The van der Waals surface area contributed by atoms with Gasteiger partial charge in [-0.2, -0.15) is 13.2 Å². The van der Waals surface area contributed by atoms with E-state index in [4.69, 9.17) is 21.1 Å². The van der Waals surface area contributed by atoms with E-state index < -0.39 is 23.4 Å². The lowest BCUT2D eigenvalue weighted by atomic mass is 10.2. The number of esters is 1. The average Bonchev–Trinajstić information content (AvgIpc) is 3.25. The van der Waals surface area contributed by atoms with Crippen molar-refractivity contribution in [2.45, 2.75) is 52.9 Å². The number of carbonyl (C=O) groups is 2. The Bertz CT molecular complexity index is 1270. The molecule has 0 radical (unpaired) electrons. The second-order valence-electron chi connectivity index (χ2n) is 8.91. The van der Waals surface area contributed by atoms with Gasteiger partial charge in [0.05, 0.1) is 40.5 Å². The first-order valence-corrected chi connectivity index (χ1v) is 12.1. The van der Waals surface area contributed by atoms with Gasteiger partial charge in [-0.25, -0.2) is 9.78 Å². The van der Waals surface area contributed by atoms with Crippen molar-refractivity contribution in [2.24, 2.45) is 0 Å². The minimum atomic E-state index is -4.41. The van der Waals surface area contributed by atoms with Crippen molar-refractivity contribution in [3.63, 3.8) is 0 Å². The first-order valence-electron chi connectivity index (χ1n) is 11.7. The predicted molar refractivity (Wildman–Crippen MR) is 145 cm³/mol. The number of aromatic amines is 1. The van der Waals surface area contributed by atoms with Crippen LogP contribution in [0.2, 0.25) is 5.02 Å². The van der Waals surface area contributed by atoms with Gasteiger partial charge in [0.15, 0.2) is 0 Å². The Kier molecular flexibility index (Phi) is 12.6. The molecular weight excluding hydrogens is 537 g/mol. The molecule has 0 saturated heterocycles. The number of nitrogens with one attached hydrogen (secondary N) is 3. The zero-order chi connectivity index (χ0) is 29.8. The Labute approximate surface area is 230 Å². The number of hydrogen-bond donors (Lipinski definition) is 3. The van der Waals surface area contributed by atoms with Crippen molar-refractivity contribution in [3.05, 3.63) is 58.4 Å². The number of alkyl halides is 3. The van der Waals surface area contributed by atoms with Crippen LogP contribution in [-0.4, -0.2) is 40.8 Å². The number of rotatable bonds is 6. The van der Waals surface area contributed by atoms with Crippen LogP contribution in [0.3, 0.4) is 0 Å². The molecule has 8 nitrogen and oxygen atoms in total. The molecule has 212 valence electrons. The van der Waals surface area contributed by atoms with Gasteiger partial charge in [-0.15, -0.1) is 12.8 Å². The van der Waals surface area contributed by atoms with Crippen LogP contribution >= 0.6 is 11.6 Å². The third kappa shape index (κ3) is 12.0. The van der Waals surface area contributed by atoms with E-state index in [-0.39, 0.29) is 24.6 Å². The molecule has 12 heteroatoms.